The van der Waals surface area contributed by atoms with Crippen molar-refractivity contribution in [3.63, 3.8) is 0 Å². The first kappa shape index (κ1) is 110. The van der Waals surface area contributed by atoms with Gasteiger partial charge in [-0.05, 0) is 102 Å². The van der Waals surface area contributed by atoms with E-state index in [4.69, 9.17) is 66.3 Å². The van der Waals surface area contributed by atoms with Crippen molar-refractivity contribution in [1.82, 2.24) is 21.3 Å². The summed E-state index contributed by atoms with van der Waals surface area (Å²) in [6, 6.07) is 64.3. The van der Waals surface area contributed by atoms with Crippen LogP contribution in [0.5, 0.6) is 0 Å². The fourth-order valence-electron chi connectivity index (χ4n) is 15.5. The van der Waals surface area contributed by atoms with Crippen LogP contribution in [0.25, 0.3) is 44.5 Å². The van der Waals surface area contributed by atoms with Crippen LogP contribution in [-0.4, -0.2) is 248 Å². The lowest BCUT2D eigenvalue weighted by atomic mass is 9.88. The van der Waals surface area contributed by atoms with Crippen LogP contribution >= 0.6 is 73.2 Å². The second-order valence-electron chi connectivity index (χ2n) is 32.3. The van der Waals surface area contributed by atoms with Crippen LogP contribution in [0.3, 0.4) is 0 Å². The summed E-state index contributed by atoms with van der Waals surface area (Å²) in [7, 11) is 0. The molecule has 0 heterocycles. The number of thiol groups is 3. The predicted molar refractivity (Wildman–Crippen MR) is 540 cm³/mol. The van der Waals surface area contributed by atoms with Crippen LogP contribution in [0, 0.1) is 10.8 Å². The largest absolute Gasteiger partial charge is 0.464 e. The second kappa shape index (κ2) is 58.6. The number of carbonyl (C=O) groups excluding carboxylic acids is 14. The zero-order valence-corrected chi connectivity index (χ0v) is 83.1. The second-order valence-corrected chi connectivity index (χ2v) is 36.6. The van der Waals surface area contributed by atoms with Crippen molar-refractivity contribution < 1.29 is 133 Å². The number of thioether (sulfide) groups is 3. The fourth-order valence-corrected chi connectivity index (χ4v) is 17.9. The van der Waals surface area contributed by atoms with Gasteiger partial charge in [0.2, 0.25) is 0 Å². The Hall–Kier alpha value is -12.6. The first-order valence-electron chi connectivity index (χ1n) is 45.6. The summed E-state index contributed by atoms with van der Waals surface area (Å²) in [6.45, 7) is 6.55. The third kappa shape index (κ3) is 34.7. The lowest BCUT2D eigenvalue weighted by Crippen LogP contribution is -2.39. The molecule has 0 bridgehead atoms. The lowest BCUT2D eigenvalue weighted by Gasteiger charge is -2.31. The van der Waals surface area contributed by atoms with Gasteiger partial charge in [-0.1, -0.05) is 227 Å². The molecule has 32 nitrogen and oxygen atoms in total. The van der Waals surface area contributed by atoms with Crippen LogP contribution < -0.4 is 21.3 Å². The quantitative estimate of drug-likeness (QED) is 0.00612. The van der Waals surface area contributed by atoms with Crippen molar-refractivity contribution in [2.75, 3.05) is 165 Å². The molecule has 141 heavy (non-hydrogen) atoms. The average molecular weight is 2050 g/mol. The number of rotatable bonds is 52. The molecule has 4 N–H and O–H groups in total. The number of alkyl carbamates (subject to hydrolysis) is 4. The molecule has 0 spiro atoms. The maximum Gasteiger partial charge on any atom is 0.407 e. The van der Waals surface area contributed by atoms with Gasteiger partial charge in [0.25, 0.3) is 0 Å². The summed E-state index contributed by atoms with van der Waals surface area (Å²) in [5.74, 6) is -5.25. The van der Waals surface area contributed by atoms with Gasteiger partial charge in [0.15, 0.2) is 0 Å². The fraction of sp³-hybridized carbons (Fsp3) is 0.379. The highest BCUT2D eigenvalue weighted by Gasteiger charge is 2.38. The highest BCUT2D eigenvalue weighted by molar-refractivity contribution is 8.00. The lowest BCUT2D eigenvalue weighted by molar-refractivity contribution is -0.159. The van der Waals surface area contributed by atoms with Gasteiger partial charge in [0, 0.05) is 47.0 Å². The number of benzene rings is 8. The Morgan fingerprint density at radius 1 is 0.298 bits per heavy atom. The number of hydrogen-bond acceptors (Lipinski definition) is 33. The van der Waals surface area contributed by atoms with Crippen LogP contribution in [0.2, 0.25) is 0 Å². The van der Waals surface area contributed by atoms with Crippen molar-refractivity contribution in [1.29, 1.82) is 0 Å². The summed E-state index contributed by atoms with van der Waals surface area (Å²) < 4.78 is 74.3. The standard InChI is InChI=1S/C72H77N3O18S3.C20H19NO4.C11H18O6S3/c1-2-72(45-91-66(79)42-94-36-27-63(76)85-33-30-73-69(82)88-39-60-54-21-9-3-15-48(54)49-16-4-10-22-55(49)60,46-92-67(80)43-95-37-28-64(77)86-34-31-74-70(83)89-40-61-56-23-11-5-17-50(56)51-18-6-12-24-57(51)61)47-93-68(81)44-96-38-29-65(78)87-35-32-75-71(84)90-41-62-58-25-13-7-19-52(58)53-20-8-14-26-59(53)62;1-2-19(22)24-12-11-21-20(23)25-13-18-16-9-5-3-7-14(16)15-8-4-6-10-17(15)18;1-2-11(7-17-10(14)20,5-15-8(12)3-18)6-16-9(13)4-19/h3-26,60-62H,2,27-47H2,1H3,(H,73,82)(H,74,83)(H,75,84);2-10,18H,1,11-13H2,(H,21,23);18-19H,2-7H2,1H3,(H,14,20). The van der Waals surface area contributed by atoms with Crippen LogP contribution in [0.15, 0.2) is 207 Å². The Bertz CT molecular complexity index is 5050. The van der Waals surface area contributed by atoms with Gasteiger partial charge in [-0.3, -0.25) is 38.4 Å². The van der Waals surface area contributed by atoms with Gasteiger partial charge in [0.1, 0.15) is 92.5 Å². The SMILES string of the molecule is C=CC(=O)OCCNC(=O)OCC1c2ccccc2-c2ccccc21.CCC(COC(=O)CSCCC(=O)OCCNC(=O)OCC1c2ccccc2-c2ccccc21)(COC(=O)CSCCC(=O)OCCNC(=O)OCC1c2ccccc2-c2ccccc21)COC(=O)CSCCC(=O)OCCNC(=O)OCC1c2ccccc2-c2ccccc21.CCC(COC(=O)S)(COC(=O)CS)COC(=O)CS. The number of ether oxygens (including phenoxy) is 14. The average Bonchev–Trinajstić information content (AvgIpc) is 1.63. The zero-order valence-electron chi connectivity index (χ0n) is 78.0. The summed E-state index contributed by atoms with van der Waals surface area (Å²) >= 11 is 14.5. The molecule has 4 aliphatic rings. The smallest absolute Gasteiger partial charge is 0.407 e. The molecule has 0 radical (unpaired) electrons. The first-order valence-corrected chi connectivity index (χ1v) is 50.8. The third-order valence-electron chi connectivity index (χ3n) is 23.0. The van der Waals surface area contributed by atoms with Gasteiger partial charge >= 0.3 is 83.4 Å². The highest BCUT2D eigenvalue weighted by Crippen LogP contribution is 2.49. The van der Waals surface area contributed by atoms with E-state index in [9.17, 15) is 67.1 Å². The molecule has 0 aliphatic heterocycles. The minimum atomic E-state index is -1.17. The van der Waals surface area contributed by atoms with Crippen LogP contribution in [0.4, 0.5) is 24.0 Å². The van der Waals surface area contributed by atoms with Crippen molar-refractivity contribution in [2.45, 2.75) is 69.6 Å². The summed E-state index contributed by atoms with van der Waals surface area (Å²) in [6.07, 6.45) is -0.758. The minimum Gasteiger partial charge on any atom is -0.464 e. The van der Waals surface area contributed by atoms with E-state index in [1.54, 1.807) is 13.8 Å². The molecule has 0 aromatic heterocycles. The molecule has 750 valence electrons. The number of hydrogen-bond donors (Lipinski definition) is 7. The molecule has 4 amide bonds. The van der Waals surface area contributed by atoms with E-state index < -0.39 is 94.2 Å². The molecule has 8 aromatic carbocycles. The molecular weight excluding hydrogens is 1930 g/mol. The molecule has 12 rings (SSSR count). The predicted octanol–water partition coefficient (Wildman–Crippen LogP) is 15.3. The molecular formula is C103H114N4O28S6. The zero-order chi connectivity index (χ0) is 101. The third-order valence-corrected chi connectivity index (χ3v) is 26.5. The van der Waals surface area contributed by atoms with Crippen LogP contribution in [0.1, 0.15) is 114 Å². The number of fused-ring (bicyclic) bond motifs is 12. The number of carbonyl (C=O) groups is 14. The summed E-state index contributed by atoms with van der Waals surface area (Å²) in [5.41, 5.74) is 15.9. The van der Waals surface area contributed by atoms with E-state index in [0.717, 1.165) is 119 Å². The maximum absolute atomic E-state index is 13.1. The summed E-state index contributed by atoms with van der Waals surface area (Å²) in [4.78, 5) is 170. The summed E-state index contributed by atoms with van der Waals surface area (Å²) in [5, 5.41) is 9.62. The topological polar surface area (TPSA) is 416 Å². The van der Waals surface area contributed by atoms with Crippen molar-refractivity contribution in [3.05, 3.63) is 251 Å². The number of esters is 9. The molecule has 38 heteroatoms. The van der Waals surface area contributed by atoms with E-state index in [1.807, 2.05) is 170 Å². The molecule has 0 unspecified atom stereocenters. The number of amides is 4. The molecule has 0 atom stereocenters. The highest BCUT2D eigenvalue weighted by atomic mass is 32.2. The van der Waals surface area contributed by atoms with Gasteiger partial charge in [-0.15, -0.1) is 35.3 Å². The normalized spacial score (nSPS) is 12.1. The van der Waals surface area contributed by atoms with Gasteiger partial charge in [-0.2, -0.15) is 25.3 Å². The van der Waals surface area contributed by atoms with Gasteiger partial charge in [0.05, 0.1) is 85.0 Å². The molecule has 0 saturated heterocycles. The van der Waals surface area contributed by atoms with Crippen molar-refractivity contribution in [2.24, 2.45) is 10.8 Å². The Morgan fingerprint density at radius 2 is 0.511 bits per heavy atom. The Kier molecular flexibility index (Phi) is 45.8. The van der Waals surface area contributed by atoms with Crippen molar-refractivity contribution in [3.8, 4) is 44.5 Å². The minimum absolute atomic E-state index is 0.0248. The molecule has 0 saturated carbocycles. The Balaban J connectivity index is 0.000000368. The van der Waals surface area contributed by atoms with E-state index in [0.29, 0.717) is 6.42 Å². The van der Waals surface area contributed by atoms with Gasteiger partial charge < -0.3 is 87.6 Å². The molecule has 8 aromatic rings. The number of nitrogens with one attached hydrogen (secondary N) is 4. The monoisotopic (exact) mass is 2050 g/mol. The van der Waals surface area contributed by atoms with E-state index in [2.05, 4.69) is 90.0 Å². The van der Waals surface area contributed by atoms with Crippen molar-refractivity contribution >= 4 is 157 Å². The van der Waals surface area contributed by atoms with E-state index in [-0.39, 0.29) is 214 Å². The Morgan fingerprint density at radius 3 is 0.723 bits per heavy atom. The maximum atomic E-state index is 13.1. The van der Waals surface area contributed by atoms with E-state index in [1.165, 1.54) is 11.1 Å². The Labute approximate surface area is 846 Å². The van der Waals surface area contributed by atoms with Crippen LogP contribution in [-0.2, 0) is 109 Å². The molecule has 0 fully saturated rings. The first-order chi connectivity index (χ1) is 68.4. The van der Waals surface area contributed by atoms with Gasteiger partial charge in [-0.25, -0.2) is 28.8 Å². The molecule has 4 aliphatic carbocycles. The van der Waals surface area contributed by atoms with E-state index >= 15 is 0 Å².